The molecule has 1 aliphatic heterocycles. The Hall–Kier alpha value is -3.03. The van der Waals surface area contributed by atoms with Crippen LogP contribution in [0.25, 0.3) is 0 Å². The summed E-state index contributed by atoms with van der Waals surface area (Å²) in [5, 5.41) is 2.71. The molecule has 2 aromatic rings. The predicted octanol–water partition coefficient (Wildman–Crippen LogP) is 3.87. The zero-order valence-corrected chi connectivity index (χ0v) is 14.9. The summed E-state index contributed by atoms with van der Waals surface area (Å²) in [4.78, 5) is 26.8. The van der Waals surface area contributed by atoms with Crippen molar-refractivity contribution in [2.45, 2.75) is 25.1 Å². The zero-order valence-electron chi connectivity index (χ0n) is 14.9. The average molecular weight is 392 g/mol. The molecule has 1 aliphatic rings. The summed E-state index contributed by atoms with van der Waals surface area (Å²) >= 11 is 0. The van der Waals surface area contributed by atoms with E-state index in [9.17, 15) is 22.8 Å². The van der Waals surface area contributed by atoms with Gasteiger partial charge in [0.15, 0.2) is 6.61 Å². The number of halogens is 3. The van der Waals surface area contributed by atoms with Gasteiger partial charge in [0.25, 0.3) is 5.91 Å². The number of benzene rings is 2. The number of nitrogens with zero attached hydrogens (tertiary/aromatic N) is 1. The maximum Gasteiger partial charge on any atom is 0.422 e. The van der Waals surface area contributed by atoms with E-state index in [4.69, 9.17) is 0 Å². The van der Waals surface area contributed by atoms with Gasteiger partial charge >= 0.3 is 6.18 Å². The summed E-state index contributed by atoms with van der Waals surface area (Å²) in [5.41, 5.74) is 0.941. The standard InChI is InChI=1S/C20H19F3N2O3/c21-20(22,23)13-28-16-10-8-15(9-11-16)24-18(26)17-7-4-12-25(17)19(27)14-5-2-1-3-6-14/h1-3,5-6,8-11,17H,4,7,12-13H2,(H,24,26)/t17-/m0/s1. The summed E-state index contributed by atoms with van der Waals surface area (Å²) in [7, 11) is 0. The molecular formula is C20H19F3N2O3. The molecule has 1 saturated heterocycles. The molecule has 3 rings (SSSR count). The van der Waals surface area contributed by atoms with Crippen LogP contribution in [0.1, 0.15) is 23.2 Å². The van der Waals surface area contributed by atoms with Gasteiger partial charge in [-0.25, -0.2) is 0 Å². The van der Waals surface area contributed by atoms with E-state index >= 15 is 0 Å². The maximum absolute atomic E-state index is 12.6. The monoisotopic (exact) mass is 392 g/mol. The molecule has 8 heteroatoms. The lowest BCUT2D eigenvalue weighted by Crippen LogP contribution is -2.43. The van der Waals surface area contributed by atoms with Crippen molar-refractivity contribution in [3.63, 3.8) is 0 Å². The van der Waals surface area contributed by atoms with E-state index in [1.54, 1.807) is 29.2 Å². The van der Waals surface area contributed by atoms with Crippen LogP contribution in [0.15, 0.2) is 54.6 Å². The third kappa shape index (κ3) is 5.03. The first kappa shape index (κ1) is 19.7. The topological polar surface area (TPSA) is 58.6 Å². The number of hydrogen-bond acceptors (Lipinski definition) is 3. The Morgan fingerprint density at radius 3 is 2.39 bits per heavy atom. The van der Waals surface area contributed by atoms with E-state index in [1.165, 1.54) is 24.3 Å². The first-order chi connectivity index (χ1) is 13.3. The Balaban J connectivity index is 1.61. The minimum absolute atomic E-state index is 0.0528. The predicted molar refractivity (Wildman–Crippen MR) is 97.1 cm³/mol. The first-order valence-electron chi connectivity index (χ1n) is 8.80. The van der Waals surface area contributed by atoms with Crippen LogP contribution in [0.5, 0.6) is 5.75 Å². The van der Waals surface area contributed by atoms with Crippen LogP contribution >= 0.6 is 0 Å². The summed E-state index contributed by atoms with van der Waals surface area (Å²) < 4.78 is 41.2. The van der Waals surface area contributed by atoms with Crippen molar-refractivity contribution in [2.75, 3.05) is 18.5 Å². The lowest BCUT2D eigenvalue weighted by Gasteiger charge is -2.24. The minimum Gasteiger partial charge on any atom is -0.484 e. The van der Waals surface area contributed by atoms with Crippen molar-refractivity contribution in [1.82, 2.24) is 4.90 Å². The molecule has 0 aromatic heterocycles. The van der Waals surface area contributed by atoms with Crippen molar-refractivity contribution in [2.24, 2.45) is 0 Å². The Morgan fingerprint density at radius 2 is 1.75 bits per heavy atom. The molecule has 5 nitrogen and oxygen atoms in total. The van der Waals surface area contributed by atoms with E-state index in [2.05, 4.69) is 10.1 Å². The number of nitrogens with one attached hydrogen (secondary N) is 1. The molecule has 0 aliphatic carbocycles. The maximum atomic E-state index is 12.6. The van der Waals surface area contributed by atoms with Gasteiger partial charge in [-0.3, -0.25) is 9.59 Å². The number of anilines is 1. The van der Waals surface area contributed by atoms with Crippen molar-refractivity contribution in [3.05, 3.63) is 60.2 Å². The fourth-order valence-corrected chi connectivity index (χ4v) is 3.05. The van der Waals surface area contributed by atoms with Crippen LogP contribution in [-0.4, -0.2) is 42.1 Å². The zero-order chi connectivity index (χ0) is 20.1. The number of ether oxygens (including phenoxy) is 1. The Kier molecular flexibility index (Phi) is 5.87. The molecule has 1 fully saturated rings. The number of carbonyl (C=O) groups excluding carboxylic acids is 2. The summed E-state index contributed by atoms with van der Waals surface area (Å²) in [6.45, 7) is -0.882. The highest BCUT2D eigenvalue weighted by Gasteiger charge is 2.34. The van der Waals surface area contributed by atoms with E-state index in [-0.39, 0.29) is 17.6 Å². The van der Waals surface area contributed by atoms with Gasteiger partial charge in [0.1, 0.15) is 11.8 Å². The number of rotatable bonds is 5. The van der Waals surface area contributed by atoms with Gasteiger partial charge in [0.05, 0.1) is 0 Å². The van der Waals surface area contributed by atoms with Gasteiger partial charge in [-0.1, -0.05) is 18.2 Å². The third-order valence-corrected chi connectivity index (χ3v) is 4.36. The molecule has 0 saturated carbocycles. The van der Waals surface area contributed by atoms with Crippen LogP contribution in [0.3, 0.4) is 0 Å². The average Bonchev–Trinajstić information content (AvgIpc) is 3.17. The molecule has 2 amide bonds. The fraction of sp³-hybridized carbons (Fsp3) is 0.300. The highest BCUT2D eigenvalue weighted by Crippen LogP contribution is 2.23. The highest BCUT2D eigenvalue weighted by atomic mass is 19.4. The molecular weight excluding hydrogens is 373 g/mol. The molecule has 0 unspecified atom stereocenters. The quantitative estimate of drug-likeness (QED) is 0.840. The number of hydrogen-bond donors (Lipinski definition) is 1. The Morgan fingerprint density at radius 1 is 1.07 bits per heavy atom. The number of alkyl halides is 3. The van der Waals surface area contributed by atoms with Gasteiger partial charge in [0, 0.05) is 17.8 Å². The van der Waals surface area contributed by atoms with Crippen molar-refractivity contribution in [1.29, 1.82) is 0 Å². The number of amides is 2. The minimum atomic E-state index is -4.41. The molecule has 1 atom stereocenters. The lowest BCUT2D eigenvalue weighted by molar-refractivity contribution is -0.153. The fourth-order valence-electron chi connectivity index (χ4n) is 3.05. The number of likely N-dealkylation sites (tertiary alicyclic amines) is 1. The Bertz CT molecular complexity index is 823. The van der Waals surface area contributed by atoms with Crippen molar-refractivity contribution < 1.29 is 27.5 Å². The molecule has 2 aromatic carbocycles. The number of carbonyl (C=O) groups is 2. The highest BCUT2D eigenvalue weighted by molar-refractivity contribution is 6.01. The second-order valence-electron chi connectivity index (χ2n) is 6.44. The molecule has 1 heterocycles. The summed E-state index contributed by atoms with van der Waals surface area (Å²) in [6.07, 6.45) is -3.14. The SMILES string of the molecule is O=C(Nc1ccc(OCC(F)(F)F)cc1)[C@@H]1CCCN1C(=O)c1ccccc1. The molecule has 148 valence electrons. The lowest BCUT2D eigenvalue weighted by atomic mass is 10.1. The van der Waals surface area contributed by atoms with Gasteiger partial charge in [-0.15, -0.1) is 0 Å². The van der Waals surface area contributed by atoms with E-state index in [1.807, 2.05) is 6.07 Å². The van der Waals surface area contributed by atoms with Gasteiger partial charge in [-0.05, 0) is 49.2 Å². The smallest absolute Gasteiger partial charge is 0.422 e. The van der Waals surface area contributed by atoms with Crippen LogP contribution in [0.2, 0.25) is 0 Å². The van der Waals surface area contributed by atoms with Gasteiger partial charge in [-0.2, -0.15) is 13.2 Å². The summed E-state index contributed by atoms with van der Waals surface area (Å²) in [6, 6.07) is 13.8. The van der Waals surface area contributed by atoms with Crippen LogP contribution in [0, 0.1) is 0 Å². The van der Waals surface area contributed by atoms with Gasteiger partial charge in [0.2, 0.25) is 5.91 Å². The summed E-state index contributed by atoms with van der Waals surface area (Å²) in [5.74, 6) is -0.475. The van der Waals surface area contributed by atoms with Crippen LogP contribution < -0.4 is 10.1 Å². The second kappa shape index (κ2) is 8.33. The largest absolute Gasteiger partial charge is 0.484 e. The van der Waals surface area contributed by atoms with E-state index in [0.717, 1.165) is 6.42 Å². The molecule has 0 bridgehead atoms. The van der Waals surface area contributed by atoms with Crippen LogP contribution in [-0.2, 0) is 4.79 Å². The first-order valence-corrected chi connectivity index (χ1v) is 8.80. The van der Waals surface area contributed by atoms with Gasteiger partial charge < -0.3 is 15.0 Å². The van der Waals surface area contributed by atoms with Crippen molar-refractivity contribution >= 4 is 17.5 Å². The molecule has 28 heavy (non-hydrogen) atoms. The molecule has 1 N–H and O–H groups in total. The van der Waals surface area contributed by atoms with Crippen molar-refractivity contribution in [3.8, 4) is 5.75 Å². The Labute approximate surface area is 160 Å². The van der Waals surface area contributed by atoms with Crippen LogP contribution in [0.4, 0.5) is 18.9 Å². The van der Waals surface area contributed by atoms with E-state index in [0.29, 0.717) is 24.2 Å². The second-order valence-corrected chi connectivity index (χ2v) is 6.44. The molecule has 0 radical (unpaired) electrons. The normalized spacial score (nSPS) is 16.7. The third-order valence-electron chi connectivity index (χ3n) is 4.36. The molecule has 0 spiro atoms. The van der Waals surface area contributed by atoms with E-state index < -0.39 is 18.8 Å².